The van der Waals surface area contributed by atoms with Crippen LogP contribution in [0.5, 0.6) is 0 Å². The minimum absolute atomic E-state index is 0.759. The molecule has 2 aromatic rings. The molecule has 0 atom stereocenters. The van der Waals surface area contributed by atoms with Gasteiger partial charge in [-0.15, -0.1) is 11.3 Å². The Morgan fingerprint density at radius 3 is 3.00 bits per heavy atom. The number of aromatic nitrogens is 3. The smallest absolute Gasteiger partial charge is 0.191 e. The van der Waals surface area contributed by atoms with Crippen molar-refractivity contribution < 1.29 is 0 Å². The van der Waals surface area contributed by atoms with Crippen LogP contribution >= 0.6 is 11.3 Å². The first-order valence-corrected chi connectivity index (χ1v) is 7.48. The van der Waals surface area contributed by atoms with Crippen molar-refractivity contribution >= 4 is 17.3 Å². The van der Waals surface area contributed by atoms with Crippen molar-refractivity contribution in [3.8, 4) is 0 Å². The Balaban J connectivity index is 1.66. The summed E-state index contributed by atoms with van der Waals surface area (Å²) in [5.74, 6) is 0.818. The van der Waals surface area contributed by atoms with Crippen LogP contribution in [0.4, 0.5) is 0 Å². The van der Waals surface area contributed by atoms with Gasteiger partial charge in [-0.25, -0.2) is 4.98 Å². The van der Waals surface area contributed by atoms with Crippen molar-refractivity contribution in [3.05, 3.63) is 34.5 Å². The summed E-state index contributed by atoms with van der Waals surface area (Å²) in [4.78, 5) is 9.68. The second-order valence-corrected chi connectivity index (χ2v) is 5.28. The van der Waals surface area contributed by atoms with E-state index in [4.69, 9.17) is 0 Å². The second-order valence-electron chi connectivity index (χ2n) is 4.34. The van der Waals surface area contributed by atoms with E-state index in [1.807, 2.05) is 29.4 Å². The normalized spacial score (nSPS) is 11.6. The van der Waals surface area contributed by atoms with Crippen molar-refractivity contribution in [2.24, 2.45) is 4.99 Å². The first-order valence-electron chi connectivity index (χ1n) is 6.60. The Bertz CT molecular complexity index is 531. The molecule has 0 saturated heterocycles. The molecule has 0 fully saturated rings. The summed E-state index contributed by atoms with van der Waals surface area (Å²) in [7, 11) is 1.78. The summed E-state index contributed by atoms with van der Waals surface area (Å²) in [5, 5.41) is 10.8. The van der Waals surface area contributed by atoms with Crippen LogP contribution in [0.2, 0.25) is 0 Å². The van der Waals surface area contributed by atoms with Gasteiger partial charge in [-0.2, -0.15) is 5.10 Å². The third-order valence-electron chi connectivity index (χ3n) is 2.90. The van der Waals surface area contributed by atoms with Crippen LogP contribution in [0, 0.1) is 6.92 Å². The second kappa shape index (κ2) is 7.64. The Hall–Kier alpha value is -1.89. The third kappa shape index (κ3) is 4.34. The summed E-state index contributed by atoms with van der Waals surface area (Å²) in [6.07, 6.45) is 4.77. The highest BCUT2D eigenvalue weighted by molar-refractivity contribution is 7.09. The fourth-order valence-electron chi connectivity index (χ4n) is 1.76. The van der Waals surface area contributed by atoms with Gasteiger partial charge in [0, 0.05) is 37.4 Å². The standard InChI is InChI=1S/C13H20N6S/c1-11-12(20-10-17-11)9-16-13(14-2)15-5-3-7-19-8-4-6-18-19/h4,6,8,10H,3,5,7,9H2,1-2H3,(H2,14,15,16). The summed E-state index contributed by atoms with van der Waals surface area (Å²) in [6.45, 7) is 4.55. The van der Waals surface area contributed by atoms with E-state index in [0.29, 0.717) is 0 Å². The lowest BCUT2D eigenvalue weighted by atomic mass is 10.4. The molecule has 2 heterocycles. The fourth-order valence-corrected chi connectivity index (χ4v) is 2.48. The van der Waals surface area contributed by atoms with Crippen LogP contribution < -0.4 is 10.6 Å². The molecule has 108 valence electrons. The van der Waals surface area contributed by atoms with Crippen molar-refractivity contribution in [2.75, 3.05) is 13.6 Å². The van der Waals surface area contributed by atoms with Crippen LogP contribution in [0.3, 0.4) is 0 Å². The first kappa shape index (κ1) is 14.5. The van der Waals surface area contributed by atoms with Gasteiger partial charge in [-0.05, 0) is 19.4 Å². The lowest BCUT2D eigenvalue weighted by Crippen LogP contribution is -2.37. The molecular formula is C13H20N6S. The lowest BCUT2D eigenvalue weighted by molar-refractivity contribution is 0.570. The predicted octanol–water partition coefficient (Wildman–Crippen LogP) is 1.40. The van der Waals surface area contributed by atoms with E-state index in [2.05, 4.69) is 25.7 Å². The minimum atomic E-state index is 0.759. The number of guanidine groups is 1. The summed E-state index contributed by atoms with van der Waals surface area (Å²) < 4.78 is 1.93. The Labute approximate surface area is 123 Å². The molecule has 0 aliphatic heterocycles. The lowest BCUT2D eigenvalue weighted by Gasteiger charge is -2.11. The zero-order valence-corrected chi connectivity index (χ0v) is 12.7. The summed E-state index contributed by atoms with van der Waals surface area (Å²) in [5.41, 5.74) is 2.95. The minimum Gasteiger partial charge on any atom is -0.356 e. The molecule has 6 nitrogen and oxygen atoms in total. The van der Waals surface area contributed by atoms with E-state index >= 15 is 0 Å². The average Bonchev–Trinajstić information content (AvgIpc) is 3.10. The molecule has 0 aliphatic carbocycles. The molecule has 2 aromatic heterocycles. The van der Waals surface area contributed by atoms with Gasteiger partial charge in [0.1, 0.15) is 0 Å². The van der Waals surface area contributed by atoms with E-state index in [0.717, 1.165) is 37.7 Å². The Morgan fingerprint density at radius 2 is 2.35 bits per heavy atom. The zero-order valence-electron chi connectivity index (χ0n) is 11.8. The molecule has 0 bridgehead atoms. The number of rotatable bonds is 6. The number of aliphatic imine (C=N–C) groups is 1. The number of aryl methyl sites for hydroxylation is 2. The van der Waals surface area contributed by atoms with Crippen LogP contribution in [-0.2, 0) is 13.1 Å². The number of hydrogen-bond acceptors (Lipinski definition) is 4. The maximum atomic E-state index is 4.23. The highest BCUT2D eigenvalue weighted by Gasteiger charge is 2.02. The van der Waals surface area contributed by atoms with Gasteiger partial charge in [0.25, 0.3) is 0 Å². The van der Waals surface area contributed by atoms with Gasteiger partial charge in [0.2, 0.25) is 0 Å². The number of thiazole rings is 1. The average molecular weight is 292 g/mol. The molecule has 7 heteroatoms. The zero-order chi connectivity index (χ0) is 14.2. The molecule has 0 unspecified atom stereocenters. The topological polar surface area (TPSA) is 67.1 Å². The molecule has 0 aliphatic rings. The number of hydrogen-bond donors (Lipinski definition) is 2. The van der Waals surface area contributed by atoms with Gasteiger partial charge in [-0.3, -0.25) is 9.67 Å². The van der Waals surface area contributed by atoms with E-state index in [1.54, 1.807) is 24.6 Å². The van der Waals surface area contributed by atoms with Gasteiger partial charge in [0.15, 0.2) is 5.96 Å². The molecule has 0 amide bonds. The van der Waals surface area contributed by atoms with Crippen molar-refractivity contribution in [1.82, 2.24) is 25.4 Å². The van der Waals surface area contributed by atoms with E-state index < -0.39 is 0 Å². The SMILES string of the molecule is CN=C(NCCCn1cccn1)NCc1scnc1C. The van der Waals surface area contributed by atoms with Crippen molar-refractivity contribution in [3.63, 3.8) is 0 Å². The fraction of sp³-hybridized carbons (Fsp3) is 0.462. The van der Waals surface area contributed by atoms with Gasteiger partial charge < -0.3 is 10.6 Å². The number of nitrogens with one attached hydrogen (secondary N) is 2. The summed E-state index contributed by atoms with van der Waals surface area (Å²) >= 11 is 1.66. The highest BCUT2D eigenvalue weighted by atomic mass is 32.1. The molecule has 2 rings (SSSR count). The van der Waals surface area contributed by atoms with Crippen molar-refractivity contribution in [1.29, 1.82) is 0 Å². The van der Waals surface area contributed by atoms with Crippen molar-refractivity contribution in [2.45, 2.75) is 26.4 Å². The van der Waals surface area contributed by atoms with E-state index in [9.17, 15) is 0 Å². The maximum absolute atomic E-state index is 4.23. The molecule has 0 radical (unpaired) electrons. The first-order chi connectivity index (χ1) is 9.79. The Morgan fingerprint density at radius 1 is 1.45 bits per heavy atom. The Kier molecular flexibility index (Phi) is 5.55. The van der Waals surface area contributed by atoms with Crippen LogP contribution in [-0.4, -0.2) is 34.3 Å². The highest BCUT2D eigenvalue weighted by Crippen LogP contribution is 2.10. The van der Waals surface area contributed by atoms with Gasteiger partial charge in [-0.1, -0.05) is 0 Å². The van der Waals surface area contributed by atoms with Crippen LogP contribution in [0.25, 0.3) is 0 Å². The van der Waals surface area contributed by atoms with Gasteiger partial charge in [0.05, 0.1) is 17.7 Å². The third-order valence-corrected chi connectivity index (χ3v) is 3.84. The maximum Gasteiger partial charge on any atom is 0.191 e. The molecule has 20 heavy (non-hydrogen) atoms. The largest absolute Gasteiger partial charge is 0.356 e. The molecule has 2 N–H and O–H groups in total. The van der Waals surface area contributed by atoms with Crippen LogP contribution in [0.1, 0.15) is 17.0 Å². The predicted molar refractivity (Wildman–Crippen MR) is 81.9 cm³/mol. The molecule has 0 saturated carbocycles. The van der Waals surface area contributed by atoms with Gasteiger partial charge >= 0.3 is 0 Å². The quantitative estimate of drug-likeness (QED) is 0.480. The van der Waals surface area contributed by atoms with Crippen LogP contribution in [0.15, 0.2) is 29.0 Å². The molecule has 0 aromatic carbocycles. The monoisotopic (exact) mass is 292 g/mol. The summed E-state index contributed by atoms with van der Waals surface area (Å²) in [6, 6.07) is 1.94. The molecule has 0 spiro atoms. The molecular weight excluding hydrogens is 272 g/mol. The van der Waals surface area contributed by atoms with E-state index in [1.165, 1.54) is 4.88 Å². The number of nitrogens with zero attached hydrogens (tertiary/aromatic N) is 4. The van der Waals surface area contributed by atoms with E-state index in [-0.39, 0.29) is 0 Å².